The van der Waals surface area contributed by atoms with Crippen molar-refractivity contribution in [3.05, 3.63) is 86.2 Å². The van der Waals surface area contributed by atoms with Gasteiger partial charge in [-0.25, -0.2) is 0 Å². The van der Waals surface area contributed by atoms with Crippen LogP contribution in [-0.4, -0.2) is 4.57 Å². The third-order valence-corrected chi connectivity index (χ3v) is 5.22. The van der Waals surface area contributed by atoms with Gasteiger partial charge < -0.3 is 4.57 Å². The fraction of sp³-hybridized carbons (Fsp3) is 0.136. The first-order chi connectivity index (χ1) is 13.2. The van der Waals surface area contributed by atoms with Gasteiger partial charge in [0.1, 0.15) is 0 Å². The van der Waals surface area contributed by atoms with Crippen LogP contribution in [0, 0.1) is 28.7 Å². The number of hydrogen-bond donors (Lipinski definition) is 0. The highest BCUT2D eigenvalue weighted by Crippen LogP contribution is 2.31. The smallest absolute Gasteiger partial charge is 0.318 e. The van der Waals surface area contributed by atoms with E-state index in [0.29, 0.717) is 11.1 Å². The number of nitriles is 1. The van der Waals surface area contributed by atoms with Crippen LogP contribution in [0.4, 0.5) is 13.2 Å². The molecule has 0 atom stereocenters. The SMILES string of the molecule is Cc1cc(/C=C(/C#N)c2ccc(C(F)(F)F)cc2)c(C)n1-c1ccc(I)cc1. The minimum Gasteiger partial charge on any atom is -0.318 e. The number of aryl methyl sites for hydroxylation is 1. The molecule has 0 aliphatic heterocycles. The van der Waals surface area contributed by atoms with Crippen molar-refractivity contribution in [3.8, 4) is 11.8 Å². The number of benzene rings is 2. The van der Waals surface area contributed by atoms with Crippen molar-refractivity contribution in [2.45, 2.75) is 20.0 Å². The highest BCUT2D eigenvalue weighted by molar-refractivity contribution is 14.1. The monoisotopic (exact) mass is 492 g/mol. The van der Waals surface area contributed by atoms with E-state index in [9.17, 15) is 18.4 Å². The van der Waals surface area contributed by atoms with Crippen LogP contribution < -0.4 is 0 Å². The third-order valence-electron chi connectivity index (χ3n) is 4.50. The van der Waals surface area contributed by atoms with E-state index in [2.05, 4.69) is 33.2 Å². The lowest BCUT2D eigenvalue weighted by molar-refractivity contribution is -0.137. The first kappa shape index (κ1) is 20.2. The molecule has 0 spiro atoms. The lowest BCUT2D eigenvalue weighted by Crippen LogP contribution is -2.04. The number of nitrogens with zero attached hydrogens (tertiary/aromatic N) is 2. The summed E-state index contributed by atoms with van der Waals surface area (Å²) in [6.07, 6.45) is -2.68. The van der Waals surface area contributed by atoms with E-state index in [4.69, 9.17) is 0 Å². The number of aromatic nitrogens is 1. The molecule has 2 nitrogen and oxygen atoms in total. The minimum absolute atomic E-state index is 0.316. The molecule has 0 radical (unpaired) electrons. The van der Waals surface area contributed by atoms with Gasteiger partial charge in [-0.3, -0.25) is 0 Å². The number of allylic oxidation sites excluding steroid dienone is 1. The number of hydrogen-bond acceptors (Lipinski definition) is 1. The Labute approximate surface area is 175 Å². The molecule has 0 saturated carbocycles. The molecule has 28 heavy (non-hydrogen) atoms. The second kappa shape index (κ2) is 7.84. The highest BCUT2D eigenvalue weighted by atomic mass is 127. The molecule has 0 aliphatic carbocycles. The van der Waals surface area contributed by atoms with Crippen molar-refractivity contribution in [3.63, 3.8) is 0 Å². The second-order valence-electron chi connectivity index (χ2n) is 6.38. The number of rotatable bonds is 3. The van der Waals surface area contributed by atoms with E-state index in [1.54, 1.807) is 6.08 Å². The summed E-state index contributed by atoms with van der Waals surface area (Å²) < 4.78 is 41.5. The molecule has 0 unspecified atom stereocenters. The van der Waals surface area contributed by atoms with Gasteiger partial charge in [-0.15, -0.1) is 0 Å². The van der Waals surface area contributed by atoms with Crippen molar-refractivity contribution in [1.29, 1.82) is 5.26 Å². The first-order valence-corrected chi connectivity index (χ1v) is 9.53. The molecule has 1 heterocycles. The maximum absolute atomic E-state index is 12.8. The molecule has 0 aliphatic rings. The molecular weight excluding hydrogens is 476 g/mol. The Kier molecular flexibility index (Phi) is 5.66. The van der Waals surface area contributed by atoms with E-state index in [1.165, 1.54) is 12.1 Å². The van der Waals surface area contributed by atoms with E-state index < -0.39 is 11.7 Å². The Morgan fingerprint density at radius 1 is 1.04 bits per heavy atom. The molecule has 6 heteroatoms. The summed E-state index contributed by atoms with van der Waals surface area (Å²) in [5.74, 6) is 0. The van der Waals surface area contributed by atoms with Crippen LogP contribution in [0.1, 0.15) is 28.1 Å². The summed E-state index contributed by atoms with van der Waals surface area (Å²) in [6.45, 7) is 3.94. The van der Waals surface area contributed by atoms with Crippen LogP contribution in [0.15, 0.2) is 54.6 Å². The fourth-order valence-corrected chi connectivity index (χ4v) is 3.46. The number of halogens is 4. The zero-order valence-corrected chi connectivity index (χ0v) is 17.3. The van der Waals surface area contributed by atoms with Gasteiger partial charge in [-0.05, 0) is 96.1 Å². The largest absolute Gasteiger partial charge is 0.416 e. The van der Waals surface area contributed by atoms with Crippen molar-refractivity contribution < 1.29 is 13.2 Å². The predicted octanol–water partition coefficient (Wildman–Crippen LogP) is 6.78. The minimum atomic E-state index is -4.40. The summed E-state index contributed by atoms with van der Waals surface area (Å²) in [6, 6.07) is 16.8. The zero-order chi connectivity index (χ0) is 20.5. The van der Waals surface area contributed by atoms with Gasteiger partial charge in [0.25, 0.3) is 0 Å². The van der Waals surface area contributed by atoms with Crippen LogP contribution in [0.3, 0.4) is 0 Å². The summed E-state index contributed by atoms with van der Waals surface area (Å²) in [5.41, 5.74) is 3.88. The molecule has 0 N–H and O–H groups in total. The molecule has 0 bridgehead atoms. The quantitative estimate of drug-likeness (QED) is 0.293. The Bertz CT molecular complexity index is 1070. The molecule has 3 rings (SSSR count). The van der Waals surface area contributed by atoms with E-state index in [-0.39, 0.29) is 0 Å². The molecule has 3 aromatic rings. The van der Waals surface area contributed by atoms with Gasteiger partial charge in [0.05, 0.1) is 17.2 Å². The Morgan fingerprint density at radius 2 is 1.64 bits per heavy atom. The highest BCUT2D eigenvalue weighted by Gasteiger charge is 2.30. The molecule has 0 amide bonds. The van der Waals surface area contributed by atoms with E-state index in [1.807, 2.05) is 44.2 Å². The van der Waals surface area contributed by atoms with E-state index >= 15 is 0 Å². The Balaban J connectivity index is 2.01. The van der Waals surface area contributed by atoms with Crippen molar-refractivity contribution in [1.82, 2.24) is 4.57 Å². The Morgan fingerprint density at radius 3 is 2.18 bits per heavy atom. The lowest BCUT2D eigenvalue weighted by Gasteiger charge is -2.10. The van der Waals surface area contributed by atoms with Gasteiger partial charge in [0.2, 0.25) is 0 Å². The molecule has 0 fully saturated rings. The van der Waals surface area contributed by atoms with Gasteiger partial charge >= 0.3 is 6.18 Å². The maximum atomic E-state index is 12.8. The molecule has 1 aromatic heterocycles. The van der Waals surface area contributed by atoms with Crippen LogP contribution >= 0.6 is 22.6 Å². The van der Waals surface area contributed by atoms with Crippen LogP contribution in [0.5, 0.6) is 0 Å². The first-order valence-electron chi connectivity index (χ1n) is 8.45. The van der Waals surface area contributed by atoms with Gasteiger partial charge in [-0.2, -0.15) is 18.4 Å². The Hall–Kier alpha value is -2.53. The van der Waals surface area contributed by atoms with Crippen molar-refractivity contribution in [2.75, 3.05) is 0 Å². The third kappa shape index (κ3) is 4.14. The lowest BCUT2D eigenvalue weighted by atomic mass is 10.0. The number of alkyl halides is 3. The fourth-order valence-electron chi connectivity index (χ4n) is 3.10. The maximum Gasteiger partial charge on any atom is 0.416 e. The van der Waals surface area contributed by atoms with Crippen LogP contribution in [0.2, 0.25) is 0 Å². The average Bonchev–Trinajstić information content (AvgIpc) is 2.93. The van der Waals surface area contributed by atoms with Gasteiger partial charge in [0, 0.05) is 20.6 Å². The average molecular weight is 492 g/mol. The predicted molar refractivity (Wildman–Crippen MR) is 113 cm³/mol. The summed E-state index contributed by atoms with van der Waals surface area (Å²) in [4.78, 5) is 0. The summed E-state index contributed by atoms with van der Waals surface area (Å²) in [7, 11) is 0. The van der Waals surface area contributed by atoms with Crippen LogP contribution in [-0.2, 0) is 6.18 Å². The summed E-state index contributed by atoms with van der Waals surface area (Å²) in [5, 5.41) is 9.54. The molecular formula is C22H16F3IN2. The van der Waals surface area contributed by atoms with Crippen LogP contribution in [0.25, 0.3) is 17.3 Å². The molecule has 142 valence electrons. The van der Waals surface area contributed by atoms with Crippen molar-refractivity contribution >= 4 is 34.2 Å². The normalized spacial score (nSPS) is 12.1. The van der Waals surface area contributed by atoms with Crippen molar-refractivity contribution in [2.24, 2.45) is 0 Å². The molecule has 2 aromatic carbocycles. The topological polar surface area (TPSA) is 28.7 Å². The summed E-state index contributed by atoms with van der Waals surface area (Å²) >= 11 is 2.25. The standard InChI is InChI=1S/C22H16F3IN2/c1-14-11-17(15(2)28(14)21-9-7-20(26)8-10-21)12-18(13-27)16-3-5-19(6-4-16)22(23,24)25/h3-12H,1-2H3/b18-12-. The zero-order valence-electron chi connectivity index (χ0n) is 15.2. The van der Waals surface area contributed by atoms with Gasteiger partial charge in [-0.1, -0.05) is 12.1 Å². The molecule has 0 saturated heterocycles. The second-order valence-corrected chi connectivity index (χ2v) is 7.63. The van der Waals surface area contributed by atoms with Gasteiger partial charge in [0.15, 0.2) is 0 Å². The van der Waals surface area contributed by atoms with E-state index in [0.717, 1.165) is 38.3 Å².